The Bertz CT molecular complexity index is 476. The van der Waals surface area contributed by atoms with Crippen LogP contribution in [0.15, 0.2) is 28.2 Å². The van der Waals surface area contributed by atoms with E-state index in [0.29, 0.717) is 6.04 Å². The number of nitrogens with one attached hydrogen (secondary N) is 1. The Morgan fingerprint density at radius 1 is 1.41 bits per heavy atom. The quantitative estimate of drug-likeness (QED) is 0.918. The van der Waals surface area contributed by atoms with Gasteiger partial charge in [-0.05, 0) is 34.1 Å². The van der Waals surface area contributed by atoms with Crippen LogP contribution in [0.3, 0.4) is 0 Å². The summed E-state index contributed by atoms with van der Waals surface area (Å²) in [6.45, 7) is 5.96. The third-order valence-electron chi connectivity index (χ3n) is 2.33. The van der Waals surface area contributed by atoms with Crippen molar-refractivity contribution < 1.29 is 0 Å². The largest absolute Gasteiger partial charge is 0.309 e. The first-order valence-electron chi connectivity index (χ1n) is 5.63. The second-order valence-corrected chi connectivity index (χ2v) is 6.79. The van der Waals surface area contributed by atoms with Gasteiger partial charge in [0.1, 0.15) is 0 Å². The molecular formula is C12H16BrN3S. The Morgan fingerprint density at radius 3 is 2.88 bits per heavy atom. The van der Waals surface area contributed by atoms with Crippen molar-refractivity contribution in [1.82, 2.24) is 15.1 Å². The van der Waals surface area contributed by atoms with Crippen molar-refractivity contribution >= 4 is 27.3 Å². The SMILES string of the molecule is CC(C)NCc1ccn(Cc2ccc(Br)s2)n1. The van der Waals surface area contributed by atoms with E-state index in [1.54, 1.807) is 11.3 Å². The molecule has 2 aromatic rings. The molecule has 0 aliphatic carbocycles. The molecule has 17 heavy (non-hydrogen) atoms. The normalized spacial score (nSPS) is 11.3. The third kappa shape index (κ3) is 3.94. The molecule has 0 saturated heterocycles. The smallest absolute Gasteiger partial charge is 0.0762 e. The van der Waals surface area contributed by atoms with Gasteiger partial charge in [0.25, 0.3) is 0 Å². The van der Waals surface area contributed by atoms with Crippen LogP contribution in [0.1, 0.15) is 24.4 Å². The summed E-state index contributed by atoms with van der Waals surface area (Å²) in [6.07, 6.45) is 2.03. The number of aromatic nitrogens is 2. The van der Waals surface area contributed by atoms with Crippen LogP contribution in [0.2, 0.25) is 0 Å². The topological polar surface area (TPSA) is 29.9 Å². The fourth-order valence-electron chi connectivity index (χ4n) is 1.49. The van der Waals surface area contributed by atoms with Crippen molar-refractivity contribution in [3.63, 3.8) is 0 Å². The predicted molar refractivity (Wildman–Crippen MR) is 75.3 cm³/mol. The van der Waals surface area contributed by atoms with Crippen molar-refractivity contribution in [3.05, 3.63) is 38.8 Å². The minimum atomic E-state index is 0.494. The summed E-state index contributed by atoms with van der Waals surface area (Å²) in [7, 11) is 0. The molecule has 3 nitrogen and oxygen atoms in total. The molecule has 0 fully saturated rings. The molecule has 0 bridgehead atoms. The summed E-state index contributed by atoms with van der Waals surface area (Å²) in [5.41, 5.74) is 1.09. The number of hydrogen-bond acceptors (Lipinski definition) is 3. The first-order chi connectivity index (χ1) is 8.13. The Morgan fingerprint density at radius 2 is 2.24 bits per heavy atom. The molecule has 0 radical (unpaired) electrons. The van der Waals surface area contributed by atoms with Crippen LogP contribution < -0.4 is 5.32 Å². The maximum absolute atomic E-state index is 4.53. The summed E-state index contributed by atoms with van der Waals surface area (Å²) < 4.78 is 3.15. The standard InChI is InChI=1S/C12H16BrN3S/c1-9(2)14-7-10-5-6-16(15-10)8-11-3-4-12(13)17-11/h3-6,9,14H,7-8H2,1-2H3. The highest BCUT2D eigenvalue weighted by Crippen LogP contribution is 2.22. The van der Waals surface area contributed by atoms with Gasteiger partial charge in [-0.25, -0.2) is 0 Å². The van der Waals surface area contributed by atoms with Crippen LogP contribution in [-0.4, -0.2) is 15.8 Å². The monoisotopic (exact) mass is 313 g/mol. The van der Waals surface area contributed by atoms with Crippen molar-refractivity contribution in [1.29, 1.82) is 0 Å². The van der Waals surface area contributed by atoms with E-state index in [2.05, 4.69) is 58.4 Å². The van der Waals surface area contributed by atoms with E-state index in [9.17, 15) is 0 Å². The molecule has 1 N–H and O–H groups in total. The van der Waals surface area contributed by atoms with E-state index in [0.717, 1.165) is 18.8 Å². The second-order valence-electron chi connectivity index (χ2n) is 4.25. The molecule has 5 heteroatoms. The van der Waals surface area contributed by atoms with Gasteiger partial charge in [0.05, 0.1) is 16.0 Å². The van der Waals surface area contributed by atoms with Gasteiger partial charge in [0.15, 0.2) is 0 Å². The molecule has 0 aliphatic rings. The molecular weight excluding hydrogens is 298 g/mol. The summed E-state index contributed by atoms with van der Waals surface area (Å²) in [5, 5.41) is 7.89. The molecule has 0 spiro atoms. The molecule has 92 valence electrons. The fourth-order valence-corrected chi connectivity index (χ4v) is 2.97. The minimum Gasteiger partial charge on any atom is -0.309 e. The van der Waals surface area contributed by atoms with Crippen LogP contribution in [0, 0.1) is 0 Å². The van der Waals surface area contributed by atoms with Crippen LogP contribution in [0.5, 0.6) is 0 Å². The molecule has 2 heterocycles. The lowest BCUT2D eigenvalue weighted by atomic mass is 10.3. The highest BCUT2D eigenvalue weighted by Gasteiger charge is 2.02. The van der Waals surface area contributed by atoms with E-state index in [-0.39, 0.29) is 0 Å². The summed E-state index contributed by atoms with van der Waals surface area (Å²) >= 11 is 5.22. The lowest BCUT2D eigenvalue weighted by Gasteiger charge is -2.05. The van der Waals surface area contributed by atoms with Gasteiger partial charge in [-0.15, -0.1) is 11.3 Å². The molecule has 0 aliphatic heterocycles. The van der Waals surface area contributed by atoms with E-state index >= 15 is 0 Å². The Balaban J connectivity index is 1.94. The van der Waals surface area contributed by atoms with Crippen molar-refractivity contribution in [2.24, 2.45) is 0 Å². The number of hydrogen-bond donors (Lipinski definition) is 1. The second kappa shape index (κ2) is 5.80. The van der Waals surface area contributed by atoms with E-state index in [4.69, 9.17) is 0 Å². The number of thiophene rings is 1. The summed E-state index contributed by atoms with van der Waals surface area (Å²) in [6, 6.07) is 6.76. The van der Waals surface area contributed by atoms with Gasteiger partial charge in [-0.1, -0.05) is 13.8 Å². The zero-order chi connectivity index (χ0) is 12.3. The van der Waals surface area contributed by atoms with Crippen molar-refractivity contribution in [2.45, 2.75) is 33.0 Å². The van der Waals surface area contributed by atoms with E-state index in [1.807, 2.05) is 10.9 Å². The summed E-state index contributed by atoms with van der Waals surface area (Å²) in [5.74, 6) is 0. The van der Waals surface area contributed by atoms with Crippen LogP contribution in [0.4, 0.5) is 0 Å². The zero-order valence-electron chi connectivity index (χ0n) is 9.98. The first-order valence-corrected chi connectivity index (χ1v) is 7.24. The van der Waals surface area contributed by atoms with Crippen LogP contribution >= 0.6 is 27.3 Å². The maximum Gasteiger partial charge on any atom is 0.0762 e. The highest BCUT2D eigenvalue weighted by molar-refractivity contribution is 9.11. The average Bonchev–Trinajstić information content (AvgIpc) is 2.86. The van der Waals surface area contributed by atoms with Gasteiger partial charge in [0.2, 0.25) is 0 Å². The van der Waals surface area contributed by atoms with Gasteiger partial charge in [-0.3, -0.25) is 4.68 Å². The van der Waals surface area contributed by atoms with E-state index in [1.165, 1.54) is 8.66 Å². The fraction of sp³-hybridized carbons (Fsp3) is 0.417. The van der Waals surface area contributed by atoms with E-state index < -0.39 is 0 Å². The number of halogens is 1. The predicted octanol–water partition coefficient (Wildman–Crippen LogP) is 3.25. The molecule has 2 rings (SSSR count). The Hall–Kier alpha value is -0.650. The van der Waals surface area contributed by atoms with Gasteiger partial charge >= 0.3 is 0 Å². The average molecular weight is 314 g/mol. The lowest BCUT2D eigenvalue weighted by molar-refractivity contribution is 0.570. The van der Waals surface area contributed by atoms with Crippen LogP contribution in [-0.2, 0) is 13.1 Å². The van der Waals surface area contributed by atoms with Crippen molar-refractivity contribution in [3.8, 4) is 0 Å². The Labute approximate surface area is 114 Å². The zero-order valence-corrected chi connectivity index (χ0v) is 12.4. The molecule has 0 saturated carbocycles. The molecule has 0 amide bonds. The van der Waals surface area contributed by atoms with Gasteiger partial charge in [-0.2, -0.15) is 5.10 Å². The molecule has 0 atom stereocenters. The van der Waals surface area contributed by atoms with Crippen molar-refractivity contribution in [2.75, 3.05) is 0 Å². The molecule has 0 aromatic carbocycles. The van der Waals surface area contributed by atoms with Gasteiger partial charge < -0.3 is 5.32 Å². The maximum atomic E-state index is 4.53. The number of rotatable bonds is 5. The highest BCUT2D eigenvalue weighted by atomic mass is 79.9. The third-order valence-corrected chi connectivity index (χ3v) is 3.94. The van der Waals surface area contributed by atoms with Gasteiger partial charge in [0, 0.05) is 23.7 Å². The summed E-state index contributed by atoms with van der Waals surface area (Å²) in [4.78, 5) is 1.31. The van der Waals surface area contributed by atoms with Crippen LogP contribution in [0.25, 0.3) is 0 Å². The lowest BCUT2D eigenvalue weighted by Crippen LogP contribution is -2.22. The first kappa shape index (κ1) is 12.8. The molecule has 0 unspecified atom stereocenters. The minimum absolute atomic E-state index is 0.494. The molecule has 2 aromatic heterocycles. The number of nitrogens with zero attached hydrogens (tertiary/aromatic N) is 2. The Kier molecular flexibility index (Phi) is 4.36.